The van der Waals surface area contributed by atoms with Crippen LogP contribution in [0.25, 0.3) is 11.1 Å². The second kappa shape index (κ2) is 4.91. The highest BCUT2D eigenvalue weighted by Gasteiger charge is 2.29. The number of hydrogen-bond donors (Lipinski definition) is 0. The van der Waals surface area contributed by atoms with Gasteiger partial charge in [0.1, 0.15) is 0 Å². The lowest BCUT2D eigenvalue weighted by molar-refractivity contribution is -0.137. The SMILES string of the molecule is CN(C)c1cncc(-c2ccc(C(F)(F)F)cc2)c1. The predicted octanol–water partition coefficient (Wildman–Crippen LogP) is 3.83. The summed E-state index contributed by atoms with van der Waals surface area (Å²) in [6.45, 7) is 0. The fraction of sp³-hybridized carbons (Fsp3) is 0.214. The number of hydrogen-bond acceptors (Lipinski definition) is 2. The molecule has 0 amide bonds. The number of halogens is 3. The maximum atomic E-state index is 12.5. The van der Waals surface area contributed by atoms with Crippen molar-refractivity contribution in [1.82, 2.24) is 4.98 Å². The number of nitrogens with zero attached hydrogens (tertiary/aromatic N) is 2. The van der Waals surface area contributed by atoms with Gasteiger partial charge < -0.3 is 4.90 Å². The highest BCUT2D eigenvalue weighted by Crippen LogP contribution is 2.31. The Bertz CT molecular complexity index is 560. The first kappa shape index (κ1) is 13.4. The van der Waals surface area contributed by atoms with Crippen molar-refractivity contribution < 1.29 is 13.2 Å². The molecule has 2 rings (SSSR count). The fourth-order valence-electron chi connectivity index (χ4n) is 1.68. The lowest BCUT2D eigenvalue weighted by Gasteiger charge is -2.13. The van der Waals surface area contributed by atoms with Gasteiger partial charge in [0.2, 0.25) is 0 Å². The van der Waals surface area contributed by atoms with Crippen LogP contribution in [0.15, 0.2) is 42.7 Å². The average Bonchev–Trinajstić information content (AvgIpc) is 2.38. The van der Waals surface area contributed by atoms with Crippen LogP contribution in [0.3, 0.4) is 0 Å². The quantitative estimate of drug-likeness (QED) is 0.821. The summed E-state index contributed by atoms with van der Waals surface area (Å²) in [5.74, 6) is 0. The fourth-order valence-corrected chi connectivity index (χ4v) is 1.68. The van der Waals surface area contributed by atoms with Crippen molar-refractivity contribution in [3.63, 3.8) is 0 Å². The molecule has 1 heterocycles. The molecule has 5 heteroatoms. The summed E-state index contributed by atoms with van der Waals surface area (Å²) >= 11 is 0. The lowest BCUT2D eigenvalue weighted by atomic mass is 10.1. The van der Waals surface area contributed by atoms with E-state index in [0.717, 1.165) is 23.4 Å². The molecule has 0 aliphatic rings. The van der Waals surface area contributed by atoms with Gasteiger partial charge in [0.15, 0.2) is 0 Å². The van der Waals surface area contributed by atoms with E-state index in [1.807, 2.05) is 25.1 Å². The molecule has 100 valence electrons. The molecule has 0 spiro atoms. The zero-order valence-electron chi connectivity index (χ0n) is 10.6. The molecule has 0 aliphatic heterocycles. The zero-order valence-corrected chi connectivity index (χ0v) is 10.6. The van der Waals surface area contributed by atoms with Gasteiger partial charge in [-0.2, -0.15) is 13.2 Å². The topological polar surface area (TPSA) is 16.1 Å². The molecule has 0 saturated heterocycles. The van der Waals surface area contributed by atoms with Crippen LogP contribution in [0.5, 0.6) is 0 Å². The second-order valence-electron chi connectivity index (χ2n) is 4.40. The average molecular weight is 266 g/mol. The summed E-state index contributed by atoms with van der Waals surface area (Å²) in [5, 5.41) is 0. The minimum Gasteiger partial charge on any atom is -0.376 e. The minimum atomic E-state index is -4.30. The molecule has 19 heavy (non-hydrogen) atoms. The Morgan fingerprint density at radius 1 is 0.947 bits per heavy atom. The Labute approximate surface area is 109 Å². The van der Waals surface area contributed by atoms with Gasteiger partial charge in [0.25, 0.3) is 0 Å². The van der Waals surface area contributed by atoms with Gasteiger partial charge in [-0.3, -0.25) is 4.98 Å². The standard InChI is InChI=1S/C14H13F3N2/c1-19(2)13-7-11(8-18-9-13)10-3-5-12(6-4-10)14(15,16)17/h3-9H,1-2H3. The maximum Gasteiger partial charge on any atom is 0.416 e. The first-order valence-corrected chi connectivity index (χ1v) is 5.68. The summed E-state index contributed by atoms with van der Waals surface area (Å²) in [6.07, 6.45) is -0.967. The van der Waals surface area contributed by atoms with Crippen molar-refractivity contribution in [1.29, 1.82) is 0 Å². The van der Waals surface area contributed by atoms with Crippen molar-refractivity contribution in [2.24, 2.45) is 0 Å². The van der Waals surface area contributed by atoms with E-state index in [2.05, 4.69) is 4.98 Å². The molecule has 2 nitrogen and oxygen atoms in total. The van der Waals surface area contributed by atoms with Crippen molar-refractivity contribution >= 4 is 5.69 Å². The van der Waals surface area contributed by atoms with Gasteiger partial charge in [0, 0.05) is 25.9 Å². The second-order valence-corrected chi connectivity index (χ2v) is 4.40. The number of anilines is 1. The number of rotatable bonds is 2. The normalized spacial score (nSPS) is 11.4. The van der Waals surface area contributed by atoms with Crippen LogP contribution in [-0.2, 0) is 6.18 Å². The number of pyridine rings is 1. The van der Waals surface area contributed by atoms with Crippen molar-refractivity contribution in [3.8, 4) is 11.1 Å². The van der Waals surface area contributed by atoms with Crippen LogP contribution in [0, 0.1) is 0 Å². The number of alkyl halides is 3. The molecule has 0 saturated carbocycles. The Kier molecular flexibility index (Phi) is 3.46. The van der Waals surface area contributed by atoms with Crippen molar-refractivity contribution in [2.45, 2.75) is 6.18 Å². The van der Waals surface area contributed by atoms with E-state index in [9.17, 15) is 13.2 Å². The van der Waals surface area contributed by atoms with Gasteiger partial charge in [-0.05, 0) is 23.8 Å². The summed E-state index contributed by atoms with van der Waals surface area (Å²) < 4.78 is 37.4. The third kappa shape index (κ3) is 3.05. The zero-order chi connectivity index (χ0) is 14.0. The molecule has 0 fully saturated rings. The molecule has 0 atom stereocenters. The van der Waals surface area contributed by atoms with Crippen molar-refractivity contribution in [2.75, 3.05) is 19.0 Å². The number of benzene rings is 1. The van der Waals surface area contributed by atoms with Gasteiger partial charge >= 0.3 is 6.18 Å². The van der Waals surface area contributed by atoms with Gasteiger partial charge in [0.05, 0.1) is 17.4 Å². The summed E-state index contributed by atoms with van der Waals surface area (Å²) in [4.78, 5) is 5.98. The van der Waals surface area contributed by atoms with Crippen molar-refractivity contribution in [3.05, 3.63) is 48.3 Å². The molecule has 1 aromatic carbocycles. The van der Waals surface area contributed by atoms with Crippen LogP contribution in [0.2, 0.25) is 0 Å². The minimum absolute atomic E-state index is 0.645. The predicted molar refractivity (Wildman–Crippen MR) is 69.0 cm³/mol. The monoisotopic (exact) mass is 266 g/mol. The molecule has 0 bridgehead atoms. The van der Waals surface area contributed by atoms with E-state index in [1.54, 1.807) is 12.4 Å². The smallest absolute Gasteiger partial charge is 0.376 e. The Hall–Kier alpha value is -2.04. The third-order valence-electron chi connectivity index (χ3n) is 2.79. The van der Waals surface area contributed by atoms with E-state index < -0.39 is 11.7 Å². The van der Waals surface area contributed by atoms with Crippen LogP contribution < -0.4 is 4.90 Å². The largest absolute Gasteiger partial charge is 0.416 e. The molecular formula is C14H13F3N2. The van der Waals surface area contributed by atoms with Crippen LogP contribution in [-0.4, -0.2) is 19.1 Å². The van der Waals surface area contributed by atoms with Gasteiger partial charge in [-0.25, -0.2) is 0 Å². The first-order chi connectivity index (χ1) is 8.88. The molecular weight excluding hydrogens is 253 g/mol. The molecule has 0 radical (unpaired) electrons. The maximum absolute atomic E-state index is 12.5. The molecule has 1 aromatic heterocycles. The molecule has 0 N–H and O–H groups in total. The Balaban J connectivity index is 2.35. The van der Waals surface area contributed by atoms with Gasteiger partial charge in [-0.15, -0.1) is 0 Å². The van der Waals surface area contributed by atoms with Crippen LogP contribution in [0.1, 0.15) is 5.56 Å². The molecule has 2 aromatic rings. The van der Waals surface area contributed by atoms with Gasteiger partial charge in [-0.1, -0.05) is 12.1 Å². The molecule has 0 aliphatic carbocycles. The molecule has 0 unspecified atom stereocenters. The van der Waals surface area contributed by atoms with E-state index in [0.29, 0.717) is 5.56 Å². The van der Waals surface area contributed by atoms with E-state index >= 15 is 0 Å². The van der Waals surface area contributed by atoms with E-state index in [4.69, 9.17) is 0 Å². The lowest BCUT2D eigenvalue weighted by Crippen LogP contribution is -2.08. The summed E-state index contributed by atoms with van der Waals surface area (Å²) in [6, 6.07) is 6.96. The summed E-state index contributed by atoms with van der Waals surface area (Å²) in [7, 11) is 3.76. The highest BCUT2D eigenvalue weighted by atomic mass is 19.4. The summed E-state index contributed by atoms with van der Waals surface area (Å²) in [5.41, 5.74) is 1.76. The first-order valence-electron chi connectivity index (χ1n) is 5.68. The number of aromatic nitrogens is 1. The third-order valence-corrected chi connectivity index (χ3v) is 2.79. The Morgan fingerprint density at radius 3 is 2.11 bits per heavy atom. The van der Waals surface area contributed by atoms with Crippen LogP contribution in [0.4, 0.5) is 18.9 Å². The highest BCUT2D eigenvalue weighted by molar-refractivity contribution is 5.67. The van der Waals surface area contributed by atoms with Crippen LogP contribution >= 0.6 is 0 Å². The van der Waals surface area contributed by atoms with E-state index in [-0.39, 0.29) is 0 Å². The Morgan fingerprint density at radius 2 is 1.58 bits per heavy atom. The van der Waals surface area contributed by atoms with E-state index in [1.165, 1.54) is 12.1 Å².